The van der Waals surface area contributed by atoms with Crippen LogP contribution in [0.4, 0.5) is 0 Å². The molecule has 1 N–H and O–H groups in total. The van der Waals surface area contributed by atoms with E-state index in [2.05, 4.69) is 15.9 Å². The van der Waals surface area contributed by atoms with Crippen molar-refractivity contribution in [2.24, 2.45) is 5.92 Å². The molecular weight excluding hydrogens is 374 g/mol. The molecular formula is C18H20BrNO4. The fourth-order valence-electron chi connectivity index (χ4n) is 2.84. The number of aliphatic hydroxyl groups excluding tert-OH is 1. The molecule has 1 aliphatic rings. The number of benzene rings is 1. The van der Waals surface area contributed by atoms with Gasteiger partial charge in [-0.2, -0.15) is 0 Å². The SMILES string of the molecule is O=C(c1ccc(COc2cccc(Br)c2)o1)N1CCC[C@@H](CO)C1. The standard InChI is InChI=1S/C18H20BrNO4/c19-14-4-1-5-15(9-14)23-12-16-6-7-17(24-16)18(22)20-8-2-3-13(10-20)11-21/h1,4-7,9,13,21H,2-3,8,10-12H2/t13-/m1/s1. The number of amides is 1. The third-order valence-corrected chi connectivity index (χ3v) is 4.61. The van der Waals surface area contributed by atoms with Crippen molar-refractivity contribution < 1.29 is 19.1 Å². The van der Waals surface area contributed by atoms with Crippen LogP contribution in [-0.2, 0) is 6.61 Å². The van der Waals surface area contributed by atoms with Crippen LogP contribution in [-0.4, -0.2) is 35.6 Å². The Balaban J connectivity index is 1.59. The highest BCUT2D eigenvalue weighted by atomic mass is 79.9. The maximum atomic E-state index is 12.5. The van der Waals surface area contributed by atoms with Gasteiger partial charge in [0.15, 0.2) is 5.76 Å². The van der Waals surface area contributed by atoms with Gasteiger partial charge in [0, 0.05) is 24.2 Å². The lowest BCUT2D eigenvalue weighted by atomic mass is 9.99. The van der Waals surface area contributed by atoms with Crippen LogP contribution in [0.5, 0.6) is 5.75 Å². The quantitative estimate of drug-likeness (QED) is 0.844. The molecule has 3 rings (SSSR count). The van der Waals surface area contributed by atoms with E-state index in [1.165, 1.54) is 0 Å². The molecule has 0 bridgehead atoms. The van der Waals surface area contributed by atoms with Gasteiger partial charge < -0.3 is 19.2 Å². The fourth-order valence-corrected chi connectivity index (χ4v) is 3.21. The monoisotopic (exact) mass is 393 g/mol. The summed E-state index contributed by atoms with van der Waals surface area (Å²) in [5, 5.41) is 9.28. The second-order valence-corrected chi connectivity index (χ2v) is 6.87. The van der Waals surface area contributed by atoms with Crippen molar-refractivity contribution in [1.82, 2.24) is 4.90 Å². The molecule has 0 unspecified atom stereocenters. The molecule has 2 aromatic rings. The summed E-state index contributed by atoms with van der Waals surface area (Å²) >= 11 is 3.39. The van der Waals surface area contributed by atoms with Crippen LogP contribution in [0.3, 0.4) is 0 Å². The van der Waals surface area contributed by atoms with E-state index >= 15 is 0 Å². The number of furan rings is 1. The lowest BCUT2D eigenvalue weighted by Crippen LogP contribution is -2.40. The van der Waals surface area contributed by atoms with E-state index in [0.29, 0.717) is 24.6 Å². The second kappa shape index (κ2) is 7.85. The maximum Gasteiger partial charge on any atom is 0.289 e. The fraction of sp³-hybridized carbons (Fsp3) is 0.389. The number of halogens is 1. The molecule has 2 heterocycles. The number of hydrogen-bond acceptors (Lipinski definition) is 4. The summed E-state index contributed by atoms with van der Waals surface area (Å²) in [6.45, 7) is 1.68. The second-order valence-electron chi connectivity index (χ2n) is 5.95. The van der Waals surface area contributed by atoms with Crippen LogP contribution >= 0.6 is 15.9 Å². The zero-order valence-electron chi connectivity index (χ0n) is 13.3. The molecule has 5 nitrogen and oxygen atoms in total. The lowest BCUT2D eigenvalue weighted by Gasteiger charge is -2.31. The van der Waals surface area contributed by atoms with Gasteiger partial charge in [-0.05, 0) is 49.1 Å². The molecule has 0 radical (unpaired) electrons. The van der Waals surface area contributed by atoms with E-state index in [0.717, 1.165) is 23.1 Å². The summed E-state index contributed by atoms with van der Waals surface area (Å²) in [4.78, 5) is 14.2. The Hall–Kier alpha value is -1.79. The van der Waals surface area contributed by atoms with Crippen LogP contribution in [0, 0.1) is 5.92 Å². The maximum absolute atomic E-state index is 12.5. The number of hydrogen-bond donors (Lipinski definition) is 1. The van der Waals surface area contributed by atoms with Crippen LogP contribution in [0.25, 0.3) is 0 Å². The number of carbonyl (C=O) groups excluding carboxylic acids is 1. The zero-order chi connectivity index (χ0) is 16.9. The van der Waals surface area contributed by atoms with Crippen molar-refractivity contribution >= 4 is 21.8 Å². The Morgan fingerprint density at radius 1 is 1.38 bits per heavy atom. The van der Waals surface area contributed by atoms with Crippen LogP contribution < -0.4 is 4.74 Å². The molecule has 24 heavy (non-hydrogen) atoms. The Morgan fingerprint density at radius 3 is 3.04 bits per heavy atom. The average molecular weight is 394 g/mol. The van der Waals surface area contributed by atoms with Crippen LogP contribution in [0.1, 0.15) is 29.2 Å². The molecule has 1 aromatic heterocycles. The van der Waals surface area contributed by atoms with Gasteiger partial charge in [0.2, 0.25) is 0 Å². The number of carbonyl (C=O) groups is 1. The van der Waals surface area contributed by atoms with E-state index in [9.17, 15) is 9.90 Å². The highest BCUT2D eigenvalue weighted by Gasteiger charge is 2.25. The molecule has 6 heteroatoms. The first-order valence-electron chi connectivity index (χ1n) is 8.03. The van der Waals surface area contributed by atoms with Gasteiger partial charge in [0.1, 0.15) is 18.1 Å². The minimum absolute atomic E-state index is 0.119. The topological polar surface area (TPSA) is 62.9 Å². The number of piperidine rings is 1. The summed E-state index contributed by atoms with van der Waals surface area (Å²) in [7, 11) is 0. The van der Waals surface area contributed by atoms with E-state index in [-0.39, 0.29) is 25.0 Å². The van der Waals surface area contributed by atoms with Gasteiger partial charge in [-0.3, -0.25) is 4.79 Å². The van der Waals surface area contributed by atoms with Crippen molar-refractivity contribution in [2.75, 3.05) is 19.7 Å². The predicted molar refractivity (Wildman–Crippen MR) is 92.9 cm³/mol. The Morgan fingerprint density at radius 2 is 2.25 bits per heavy atom. The molecule has 1 saturated heterocycles. The lowest BCUT2D eigenvalue weighted by molar-refractivity contribution is 0.0586. The summed E-state index contributed by atoms with van der Waals surface area (Å²) in [5.74, 6) is 1.70. The number of nitrogens with zero attached hydrogens (tertiary/aromatic N) is 1. The summed E-state index contributed by atoms with van der Waals surface area (Å²) in [5.41, 5.74) is 0. The number of likely N-dealkylation sites (tertiary alicyclic amines) is 1. The van der Waals surface area contributed by atoms with E-state index in [4.69, 9.17) is 9.15 Å². The molecule has 1 aromatic carbocycles. The highest BCUT2D eigenvalue weighted by Crippen LogP contribution is 2.21. The van der Waals surface area contributed by atoms with Gasteiger partial charge in [0.25, 0.3) is 5.91 Å². The van der Waals surface area contributed by atoms with Gasteiger partial charge in [-0.25, -0.2) is 0 Å². The minimum Gasteiger partial charge on any atom is -0.486 e. The van der Waals surface area contributed by atoms with Crippen molar-refractivity contribution in [3.63, 3.8) is 0 Å². The number of rotatable bonds is 5. The van der Waals surface area contributed by atoms with Crippen molar-refractivity contribution in [3.8, 4) is 5.75 Å². The van der Waals surface area contributed by atoms with Crippen molar-refractivity contribution in [3.05, 3.63) is 52.4 Å². The Kier molecular flexibility index (Phi) is 5.58. The molecule has 0 saturated carbocycles. The minimum atomic E-state index is -0.123. The Bertz CT molecular complexity index is 700. The smallest absolute Gasteiger partial charge is 0.289 e. The Labute approximate surface area is 149 Å². The van der Waals surface area contributed by atoms with Gasteiger partial charge in [-0.1, -0.05) is 22.0 Å². The number of ether oxygens (including phenoxy) is 1. The average Bonchev–Trinajstić information content (AvgIpc) is 3.08. The summed E-state index contributed by atoms with van der Waals surface area (Å²) in [6.07, 6.45) is 1.88. The van der Waals surface area contributed by atoms with E-state index < -0.39 is 0 Å². The molecule has 0 spiro atoms. The largest absolute Gasteiger partial charge is 0.486 e. The first-order valence-corrected chi connectivity index (χ1v) is 8.82. The van der Waals surface area contributed by atoms with Crippen molar-refractivity contribution in [2.45, 2.75) is 19.4 Å². The van der Waals surface area contributed by atoms with Crippen LogP contribution in [0.15, 0.2) is 45.3 Å². The third kappa shape index (κ3) is 4.19. The van der Waals surface area contributed by atoms with E-state index in [1.807, 2.05) is 24.3 Å². The number of aliphatic hydroxyl groups is 1. The molecule has 1 aliphatic heterocycles. The predicted octanol–water partition coefficient (Wildman–Crippen LogP) is 3.47. The molecule has 128 valence electrons. The van der Waals surface area contributed by atoms with Crippen molar-refractivity contribution in [1.29, 1.82) is 0 Å². The molecule has 1 atom stereocenters. The van der Waals surface area contributed by atoms with E-state index in [1.54, 1.807) is 17.0 Å². The first kappa shape index (κ1) is 17.0. The first-order chi connectivity index (χ1) is 11.7. The molecule has 1 amide bonds. The molecule has 0 aliphatic carbocycles. The van der Waals surface area contributed by atoms with Crippen LogP contribution in [0.2, 0.25) is 0 Å². The third-order valence-electron chi connectivity index (χ3n) is 4.11. The highest BCUT2D eigenvalue weighted by molar-refractivity contribution is 9.10. The summed E-state index contributed by atoms with van der Waals surface area (Å²) in [6, 6.07) is 11.0. The van der Waals surface area contributed by atoms with Gasteiger partial charge >= 0.3 is 0 Å². The van der Waals surface area contributed by atoms with Gasteiger partial charge in [0.05, 0.1) is 0 Å². The zero-order valence-corrected chi connectivity index (χ0v) is 14.9. The molecule has 1 fully saturated rings. The summed E-state index contributed by atoms with van der Waals surface area (Å²) < 4.78 is 12.2. The normalized spacial score (nSPS) is 17.8. The van der Waals surface area contributed by atoms with Gasteiger partial charge in [-0.15, -0.1) is 0 Å².